The van der Waals surface area contributed by atoms with Crippen LogP contribution in [0.1, 0.15) is 48.3 Å². The molecule has 0 spiro atoms. The second-order valence-corrected chi connectivity index (χ2v) is 8.57. The van der Waals surface area contributed by atoms with E-state index in [9.17, 15) is 19.8 Å². The topological polar surface area (TPSA) is 108 Å². The Labute approximate surface area is 180 Å². The van der Waals surface area contributed by atoms with Crippen molar-refractivity contribution >= 4 is 23.2 Å². The van der Waals surface area contributed by atoms with Gasteiger partial charge in [-0.25, -0.2) is 4.98 Å². The summed E-state index contributed by atoms with van der Waals surface area (Å²) in [7, 11) is 0. The highest BCUT2D eigenvalue weighted by atomic mass is 16.4. The first-order chi connectivity index (χ1) is 14.7. The number of ketones is 1. The highest BCUT2D eigenvalue weighted by Gasteiger charge is 2.27. The van der Waals surface area contributed by atoms with Crippen LogP contribution in [0.15, 0.2) is 42.6 Å². The molecule has 1 saturated heterocycles. The third-order valence-corrected chi connectivity index (χ3v) is 5.74. The van der Waals surface area contributed by atoms with Crippen LogP contribution in [0, 0.1) is 5.92 Å². The van der Waals surface area contributed by atoms with Crippen molar-refractivity contribution < 1.29 is 19.8 Å². The van der Waals surface area contributed by atoms with Crippen molar-refractivity contribution in [2.75, 3.05) is 18.0 Å². The van der Waals surface area contributed by atoms with Gasteiger partial charge in [-0.05, 0) is 32.3 Å². The average Bonchev–Trinajstić information content (AvgIpc) is 3.21. The quantitative estimate of drug-likeness (QED) is 0.588. The summed E-state index contributed by atoms with van der Waals surface area (Å²) in [6, 6.07) is 10.5. The van der Waals surface area contributed by atoms with Crippen LogP contribution >= 0.6 is 0 Å². The summed E-state index contributed by atoms with van der Waals surface area (Å²) >= 11 is 0. The molecule has 0 amide bonds. The van der Waals surface area contributed by atoms with Crippen LogP contribution < -0.4 is 4.90 Å². The molecule has 162 valence electrons. The Morgan fingerprint density at radius 1 is 1.19 bits per heavy atom. The summed E-state index contributed by atoms with van der Waals surface area (Å²) in [6.07, 6.45) is 3.20. The number of fused-ring (bicyclic) bond motifs is 1. The van der Waals surface area contributed by atoms with E-state index < -0.39 is 17.5 Å². The number of hydrogen-bond acceptors (Lipinski definition) is 6. The molecule has 0 aliphatic carbocycles. The van der Waals surface area contributed by atoms with Crippen LogP contribution in [-0.4, -0.2) is 49.7 Å². The molecule has 2 N–H and O–H groups in total. The minimum atomic E-state index is -0.965. The first-order valence-electron chi connectivity index (χ1n) is 10.4. The highest BCUT2D eigenvalue weighted by molar-refractivity contribution is 5.97. The predicted molar refractivity (Wildman–Crippen MR) is 115 cm³/mol. The Balaban J connectivity index is 1.60. The van der Waals surface area contributed by atoms with Gasteiger partial charge in [-0.2, -0.15) is 9.61 Å². The third-order valence-electron chi connectivity index (χ3n) is 5.74. The number of aliphatic hydroxyl groups is 1. The van der Waals surface area contributed by atoms with Gasteiger partial charge in [0.2, 0.25) is 0 Å². The summed E-state index contributed by atoms with van der Waals surface area (Å²) in [4.78, 5) is 30.9. The number of nitrogens with zero attached hydrogens (tertiary/aromatic N) is 4. The second-order valence-electron chi connectivity index (χ2n) is 8.57. The average molecular weight is 422 g/mol. The minimum absolute atomic E-state index is 0.0772. The van der Waals surface area contributed by atoms with Crippen LogP contribution in [0.5, 0.6) is 0 Å². The van der Waals surface area contributed by atoms with E-state index in [-0.39, 0.29) is 12.2 Å². The molecule has 8 nitrogen and oxygen atoms in total. The molecule has 0 saturated carbocycles. The van der Waals surface area contributed by atoms with Crippen molar-refractivity contribution in [1.82, 2.24) is 14.6 Å². The first-order valence-corrected chi connectivity index (χ1v) is 10.4. The van der Waals surface area contributed by atoms with Gasteiger partial charge in [-0.1, -0.05) is 24.3 Å². The summed E-state index contributed by atoms with van der Waals surface area (Å²) in [5.74, 6) is -0.542. The molecule has 0 unspecified atom stereocenters. The molecule has 0 bridgehead atoms. The van der Waals surface area contributed by atoms with Gasteiger partial charge in [0.05, 0.1) is 29.8 Å². The number of piperidine rings is 1. The Morgan fingerprint density at radius 3 is 2.61 bits per heavy atom. The number of anilines is 1. The Morgan fingerprint density at radius 2 is 1.94 bits per heavy atom. The maximum absolute atomic E-state index is 12.9. The highest BCUT2D eigenvalue weighted by Crippen LogP contribution is 2.25. The molecular weight excluding hydrogens is 396 g/mol. The van der Waals surface area contributed by atoms with Crippen molar-refractivity contribution in [2.45, 2.75) is 38.7 Å². The normalized spacial score (nSPS) is 17.1. The van der Waals surface area contributed by atoms with Crippen LogP contribution in [0.3, 0.4) is 0 Å². The van der Waals surface area contributed by atoms with E-state index in [1.807, 2.05) is 11.0 Å². The molecule has 1 aromatic carbocycles. The number of rotatable bonds is 6. The van der Waals surface area contributed by atoms with Gasteiger partial charge >= 0.3 is 5.97 Å². The Bertz CT molecular complexity index is 1110. The van der Waals surface area contributed by atoms with Gasteiger partial charge in [0, 0.05) is 30.8 Å². The first kappa shape index (κ1) is 21.0. The largest absolute Gasteiger partial charge is 0.481 e. The van der Waals surface area contributed by atoms with Crippen molar-refractivity contribution in [2.24, 2.45) is 5.92 Å². The predicted octanol–water partition coefficient (Wildman–Crippen LogP) is 2.68. The van der Waals surface area contributed by atoms with E-state index in [0.717, 1.165) is 24.3 Å². The van der Waals surface area contributed by atoms with E-state index in [2.05, 4.69) is 10.1 Å². The van der Waals surface area contributed by atoms with E-state index >= 15 is 0 Å². The van der Waals surface area contributed by atoms with Crippen molar-refractivity contribution in [3.05, 3.63) is 59.4 Å². The third kappa shape index (κ3) is 4.44. The number of carbonyl (C=O) groups is 2. The lowest BCUT2D eigenvalue weighted by Gasteiger charge is -2.32. The van der Waals surface area contributed by atoms with Crippen molar-refractivity contribution in [3.8, 4) is 0 Å². The molecule has 4 rings (SSSR count). The molecule has 1 atom stereocenters. The van der Waals surface area contributed by atoms with Crippen LogP contribution in [0.4, 0.5) is 5.82 Å². The molecule has 3 heterocycles. The summed E-state index contributed by atoms with van der Waals surface area (Å²) in [5, 5.41) is 23.9. The van der Waals surface area contributed by atoms with Crippen LogP contribution in [0.25, 0.3) is 5.65 Å². The van der Waals surface area contributed by atoms with E-state index in [4.69, 9.17) is 0 Å². The van der Waals surface area contributed by atoms with E-state index in [0.29, 0.717) is 29.9 Å². The number of hydrogen-bond donors (Lipinski definition) is 2. The van der Waals surface area contributed by atoms with E-state index in [1.165, 1.54) is 0 Å². The summed E-state index contributed by atoms with van der Waals surface area (Å²) < 4.78 is 1.69. The number of benzene rings is 1. The molecule has 1 aliphatic heterocycles. The molecule has 2 aromatic heterocycles. The molecule has 3 aromatic rings. The minimum Gasteiger partial charge on any atom is -0.481 e. The lowest BCUT2D eigenvalue weighted by molar-refractivity contribution is -0.141. The summed E-state index contributed by atoms with van der Waals surface area (Å²) in [6.45, 7) is 4.53. The SMILES string of the molecule is CC(C)(O)c1ccc(C(=O)Cc2cc(N3CCC[C@H](C(=O)O)C3)n3nccc3n2)cc1. The number of carboxylic acid groups (broad SMARTS) is 1. The zero-order chi connectivity index (χ0) is 22.2. The van der Waals surface area contributed by atoms with Gasteiger partial charge < -0.3 is 15.1 Å². The van der Waals surface area contributed by atoms with Gasteiger partial charge in [0.25, 0.3) is 0 Å². The lowest BCUT2D eigenvalue weighted by atomic mass is 9.96. The Hall–Kier alpha value is -3.26. The van der Waals surface area contributed by atoms with Crippen molar-refractivity contribution in [1.29, 1.82) is 0 Å². The molecule has 8 heteroatoms. The number of aromatic nitrogens is 3. The van der Waals surface area contributed by atoms with Crippen LogP contribution in [-0.2, 0) is 16.8 Å². The number of aliphatic carboxylic acids is 1. The van der Waals surface area contributed by atoms with Crippen molar-refractivity contribution in [3.63, 3.8) is 0 Å². The maximum atomic E-state index is 12.9. The zero-order valence-electron chi connectivity index (χ0n) is 17.7. The lowest BCUT2D eigenvalue weighted by Crippen LogP contribution is -2.39. The number of Topliss-reactive ketones (excluding diaryl/α,β-unsaturated/α-hetero) is 1. The monoisotopic (exact) mass is 422 g/mol. The molecule has 0 radical (unpaired) electrons. The van der Waals surface area contributed by atoms with Gasteiger partial charge in [-0.3, -0.25) is 9.59 Å². The smallest absolute Gasteiger partial charge is 0.308 e. The molecule has 1 aliphatic rings. The van der Waals surface area contributed by atoms with Gasteiger partial charge in [0.15, 0.2) is 11.4 Å². The summed E-state index contributed by atoms with van der Waals surface area (Å²) in [5.41, 5.74) is 1.55. The fraction of sp³-hybridized carbons (Fsp3) is 0.391. The van der Waals surface area contributed by atoms with E-state index in [1.54, 1.807) is 54.9 Å². The Kier molecular flexibility index (Phi) is 5.49. The second kappa shape index (κ2) is 8.11. The standard InChI is InChI=1S/C23H26N4O4/c1-23(2,31)17-7-5-15(6-8-17)19(28)12-18-13-21(27-20(25-18)9-10-24-27)26-11-3-4-16(14-26)22(29)30/h5-10,13,16,31H,3-4,11-12,14H2,1-2H3,(H,29,30)/t16-/m0/s1. The zero-order valence-corrected chi connectivity index (χ0v) is 17.7. The van der Waals surface area contributed by atoms with Gasteiger partial charge in [0.1, 0.15) is 5.82 Å². The fourth-order valence-corrected chi connectivity index (χ4v) is 3.98. The van der Waals surface area contributed by atoms with Gasteiger partial charge in [-0.15, -0.1) is 0 Å². The van der Waals surface area contributed by atoms with Crippen LogP contribution in [0.2, 0.25) is 0 Å². The molecular formula is C23H26N4O4. The number of carboxylic acids is 1. The fourth-order valence-electron chi connectivity index (χ4n) is 3.98. The number of carbonyl (C=O) groups excluding carboxylic acids is 1. The molecule has 31 heavy (non-hydrogen) atoms. The molecule has 1 fully saturated rings. The maximum Gasteiger partial charge on any atom is 0.308 e.